The highest BCUT2D eigenvalue weighted by Crippen LogP contribution is 2.00. The Bertz CT molecular complexity index is 124. The monoisotopic (exact) mass is 144 g/mol. The standard InChI is InChI=1S/C7H16N2O/c1-5-10-9-6(2)7(3,4)8/h5,8H2,1-4H3. The van der Waals surface area contributed by atoms with Crippen molar-refractivity contribution < 1.29 is 4.84 Å². The molecule has 0 heterocycles. The van der Waals surface area contributed by atoms with Crippen LogP contribution >= 0.6 is 0 Å². The molecular weight excluding hydrogens is 128 g/mol. The minimum Gasteiger partial charge on any atom is -0.396 e. The third kappa shape index (κ3) is 3.45. The summed E-state index contributed by atoms with van der Waals surface area (Å²) in [7, 11) is 0. The molecule has 3 heteroatoms. The quantitative estimate of drug-likeness (QED) is 0.477. The van der Waals surface area contributed by atoms with Crippen molar-refractivity contribution in [2.24, 2.45) is 10.9 Å². The molecule has 0 aromatic heterocycles. The molecule has 0 atom stereocenters. The molecule has 3 nitrogen and oxygen atoms in total. The molecule has 0 aliphatic heterocycles. The van der Waals surface area contributed by atoms with E-state index in [-0.39, 0.29) is 5.54 Å². The topological polar surface area (TPSA) is 47.6 Å². The zero-order valence-electron chi connectivity index (χ0n) is 7.14. The molecule has 0 saturated carbocycles. The predicted molar refractivity (Wildman–Crippen MR) is 43.0 cm³/mol. The van der Waals surface area contributed by atoms with Crippen LogP contribution in [0.3, 0.4) is 0 Å². The maximum atomic E-state index is 5.71. The first-order valence-corrected chi connectivity index (χ1v) is 3.44. The van der Waals surface area contributed by atoms with E-state index in [2.05, 4.69) is 5.16 Å². The summed E-state index contributed by atoms with van der Waals surface area (Å²) in [5.74, 6) is 0. The van der Waals surface area contributed by atoms with Crippen LogP contribution < -0.4 is 5.73 Å². The highest BCUT2D eigenvalue weighted by Gasteiger charge is 2.14. The van der Waals surface area contributed by atoms with E-state index >= 15 is 0 Å². The van der Waals surface area contributed by atoms with Gasteiger partial charge in [-0.05, 0) is 27.7 Å². The second-order valence-corrected chi connectivity index (χ2v) is 2.82. The van der Waals surface area contributed by atoms with Gasteiger partial charge in [-0.25, -0.2) is 0 Å². The second kappa shape index (κ2) is 3.56. The summed E-state index contributed by atoms with van der Waals surface area (Å²) in [6.45, 7) is 8.12. The van der Waals surface area contributed by atoms with E-state index in [9.17, 15) is 0 Å². The van der Waals surface area contributed by atoms with E-state index in [0.717, 1.165) is 5.71 Å². The van der Waals surface area contributed by atoms with E-state index in [1.54, 1.807) is 0 Å². The summed E-state index contributed by atoms with van der Waals surface area (Å²) in [6.07, 6.45) is 0. The first-order valence-electron chi connectivity index (χ1n) is 3.44. The van der Waals surface area contributed by atoms with Gasteiger partial charge in [-0.2, -0.15) is 0 Å². The molecule has 0 unspecified atom stereocenters. The number of nitrogens with two attached hydrogens (primary N) is 1. The molecule has 0 aromatic carbocycles. The molecular formula is C7H16N2O. The molecule has 0 amide bonds. The van der Waals surface area contributed by atoms with Crippen molar-refractivity contribution in [2.45, 2.75) is 33.2 Å². The zero-order valence-corrected chi connectivity index (χ0v) is 7.14. The molecule has 2 N–H and O–H groups in total. The maximum absolute atomic E-state index is 5.71. The molecule has 0 bridgehead atoms. The summed E-state index contributed by atoms with van der Waals surface area (Å²) < 4.78 is 0. The van der Waals surface area contributed by atoms with E-state index in [0.29, 0.717) is 6.61 Å². The second-order valence-electron chi connectivity index (χ2n) is 2.82. The van der Waals surface area contributed by atoms with Gasteiger partial charge in [-0.1, -0.05) is 5.16 Å². The lowest BCUT2D eigenvalue weighted by Gasteiger charge is -2.16. The normalized spacial score (nSPS) is 13.5. The Balaban J connectivity index is 3.93. The minimum absolute atomic E-state index is 0.366. The third-order valence-electron chi connectivity index (χ3n) is 1.26. The average Bonchev–Trinajstić information content (AvgIpc) is 1.80. The Morgan fingerprint density at radius 3 is 2.40 bits per heavy atom. The van der Waals surface area contributed by atoms with E-state index in [1.165, 1.54) is 0 Å². The first-order chi connectivity index (χ1) is 4.48. The van der Waals surface area contributed by atoms with E-state index in [4.69, 9.17) is 10.6 Å². The number of hydrogen-bond donors (Lipinski definition) is 1. The molecule has 0 spiro atoms. The molecule has 0 aliphatic carbocycles. The Morgan fingerprint density at radius 1 is 1.60 bits per heavy atom. The summed E-state index contributed by atoms with van der Waals surface area (Å²) in [4.78, 5) is 4.83. The lowest BCUT2D eigenvalue weighted by atomic mass is 10.0. The van der Waals surface area contributed by atoms with Crippen LogP contribution in [0.2, 0.25) is 0 Å². The smallest absolute Gasteiger partial charge is 0.114 e. The Hall–Kier alpha value is -0.570. The maximum Gasteiger partial charge on any atom is 0.114 e. The number of rotatable bonds is 3. The van der Waals surface area contributed by atoms with Crippen LogP contribution in [0.4, 0.5) is 0 Å². The number of oxime groups is 1. The Morgan fingerprint density at radius 2 is 2.10 bits per heavy atom. The first kappa shape index (κ1) is 9.43. The van der Waals surface area contributed by atoms with Crippen LogP contribution in [0.25, 0.3) is 0 Å². The average molecular weight is 144 g/mol. The van der Waals surface area contributed by atoms with Gasteiger partial charge in [0, 0.05) is 0 Å². The van der Waals surface area contributed by atoms with Crippen molar-refractivity contribution in [1.82, 2.24) is 0 Å². The fraction of sp³-hybridized carbons (Fsp3) is 0.857. The zero-order chi connectivity index (χ0) is 8.20. The van der Waals surface area contributed by atoms with Crippen LogP contribution in [0, 0.1) is 0 Å². The van der Waals surface area contributed by atoms with Crippen molar-refractivity contribution in [3.63, 3.8) is 0 Å². The number of hydrogen-bond acceptors (Lipinski definition) is 3. The Labute approximate surface area is 62.2 Å². The summed E-state index contributed by atoms with van der Waals surface area (Å²) in [5.41, 5.74) is 6.16. The van der Waals surface area contributed by atoms with Crippen LogP contribution in [0.1, 0.15) is 27.7 Å². The fourth-order valence-corrected chi connectivity index (χ4v) is 0.279. The largest absolute Gasteiger partial charge is 0.396 e. The molecule has 10 heavy (non-hydrogen) atoms. The highest BCUT2D eigenvalue weighted by atomic mass is 16.6. The van der Waals surface area contributed by atoms with Gasteiger partial charge in [0.15, 0.2) is 0 Å². The summed E-state index contributed by atoms with van der Waals surface area (Å²) >= 11 is 0. The van der Waals surface area contributed by atoms with Crippen molar-refractivity contribution in [3.05, 3.63) is 0 Å². The molecule has 0 fully saturated rings. The van der Waals surface area contributed by atoms with Gasteiger partial charge in [-0.15, -0.1) is 0 Å². The van der Waals surface area contributed by atoms with Crippen molar-refractivity contribution in [2.75, 3.05) is 6.61 Å². The minimum atomic E-state index is -0.366. The van der Waals surface area contributed by atoms with Crippen molar-refractivity contribution in [3.8, 4) is 0 Å². The molecule has 0 radical (unpaired) electrons. The lowest BCUT2D eigenvalue weighted by Crippen LogP contribution is -2.39. The van der Waals surface area contributed by atoms with E-state index in [1.807, 2.05) is 27.7 Å². The fourth-order valence-electron chi connectivity index (χ4n) is 0.279. The van der Waals surface area contributed by atoms with Gasteiger partial charge < -0.3 is 10.6 Å². The van der Waals surface area contributed by atoms with Crippen LogP contribution in [0.15, 0.2) is 5.16 Å². The molecule has 0 aliphatic rings. The van der Waals surface area contributed by atoms with Gasteiger partial charge in [0.2, 0.25) is 0 Å². The van der Waals surface area contributed by atoms with Gasteiger partial charge in [0.05, 0.1) is 11.3 Å². The molecule has 0 aromatic rings. The molecule has 0 rings (SSSR count). The SMILES string of the molecule is CCON=C(C)C(C)(C)N. The lowest BCUT2D eigenvalue weighted by molar-refractivity contribution is 0.156. The van der Waals surface area contributed by atoms with Gasteiger partial charge in [-0.3, -0.25) is 0 Å². The molecule has 0 saturated heterocycles. The van der Waals surface area contributed by atoms with Gasteiger partial charge >= 0.3 is 0 Å². The van der Waals surface area contributed by atoms with Crippen molar-refractivity contribution >= 4 is 5.71 Å². The van der Waals surface area contributed by atoms with Crippen LogP contribution in [-0.2, 0) is 4.84 Å². The highest BCUT2D eigenvalue weighted by molar-refractivity contribution is 5.89. The Kier molecular flexibility index (Phi) is 3.36. The predicted octanol–water partition coefficient (Wildman–Crippen LogP) is 1.14. The third-order valence-corrected chi connectivity index (χ3v) is 1.26. The molecule has 60 valence electrons. The number of nitrogens with zero attached hydrogens (tertiary/aromatic N) is 1. The summed E-state index contributed by atoms with van der Waals surface area (Å²) in [6, 6.07) is 0. The van der Waals surface area contributed by atoms with E-state index < -0.39 is 0 Å². The van der Waals surface area contributed by atoms with Crippen LogP contribution in [-0.4, -0.2) is 17.9 Å². The van der Waals surface area contributed by atoms with Gasteiger partial charge in [0.25, 0.3) is 0 Å². The van der Waals surface area contributed by atoms with Gasteiger partial charge in [0.1, 0.15) is 6.61 Å². The summed E-state index contributed by atoms with van der Waals surface area (Å²) in [5, 5.41) is 3.81. The van der Waals surface area contributed by atoms with Crippen LogP contribution in [0.5, 0.6) is 0 Å². The van der Waals surface area contributed by atoms with Crippen molar-refractivity contribution in [1.29, 1.82) is 0 Å².